The number of aliphatic hydroxyl groups excluding tert-OH is 1. The van der Waals surface area contributed by atoms with Gasteiger partial charge in [-0.05, 0) is 12.1 Å². The molecule has 0 radical (unpaired) electrons. The first-order valence-electron chi connectivity index (χ1n) is 5.97. The second kappa shape index (κ2) is 5.81. The number of rotatable bonds is 6. The Bertz CT molecular complexity index is 567. The number of aromatic nitrogens is 2. The minimum atomic E-state index is -0.626. The van der Waals surface area contributed by atoms with E-state index < -0.39 is 6.10 Å². The zero-order valence-corrected chi connectivity index (χ0v) is 11.0. The summed E-state index contributed by atoms with van der Waals surface area (Å²) >= 11 is 0. The lowest BCUT2D eigenvalue weighted by Crippen LogP contribution is -2.32. The van der Waals surface area contributed by atoms with E-state index in [0.29, 0.717) is 23.7 Å². The summed E-state index contributed by atoms with van der Waals surface area (Å²) in [6, 6.07) is 5.53. The topological polar surface area (TPSA) is 67.1 Å². The van der Waals surface area contributed by atoms with Crippen LogP contribution in [0.3, 0.4) is 0 Å². The number of hydrogen-bond donors (Lipinski definition) is 1. The summed E-state index contributed by atoms with van der Waals surface area (Å²) in [7, 11) is 3.32. The van der Waals surface area contributed by atoms with E-state index in [4.69, 9.17) is 4.74 Å². The summed E-state index contributed by atoms with van der Waals surface area (Å²) in [6.45, 7) is 0.590. The van der Waals surface area contributed by atoms with Gasteiger partial charge in [-0.15, -0.1) is 0 Å². The maximum absolute atomic E-state index is 11.2. The molecule has 2 heterocycles. The molecule has 2 aromatic rings. The summed E-state index contributed by atoms with van der Waals surface area (Å²) in [5.41, 5.74) is 1.18. The number of methoxy groups -OCH3 is 1. The highest BCUT2D eigenvalue weighted by atomic mass is 16.5. The molecule has 19 heavy (non-hydrogen) atoms. The summed E-state index contributed by atoms with van der Waals surface area (Å²) in [6.07, 6.45) is 1.93. The van der Waals surface area contributed by atoms with Crippen molar-refractivity contribution < 1.29 is 14.6 Å². The largest absolute Gasteiger partial charge is 0.389 e. The Morgan fingerprint density at radius 3 is 3.05 bits per heavy atom. The molecule has 6 heteroatoms. The third-order valence-electron chi connectivity index (χ3n) is 2.86. The lowest BCUT2D eigenvalue weighted by Gasteiger charge is -2.20. The molecule has 0 aliphatic carbocycles. The van der Waals surface area contributed by atoms with Crippen LogP contribution in [0.15, 0.2) is 24.4 Å². The van der Waals surface area contributed by atoms with Crippen molar-refractivity contribution in [2.45, 2.75) is 6.10 Å². The Labute approximate surface area is 111 Å². The molecule has 6 nitrogen and oxygen atoms in total. The highest BCUT2D eigenvalue weighted by Crippen LogP contribution is 2.19. The molecule has 0 aliphatic heterocycles. The van der Waals surface area contributed by atoms with Crippen LogP contribution in [0.5, 0.6) is 0 Å². The Hall–Kier alpha value is -1.92. The van der Waals surface area contributed by atoms with E-state index in [-0.39, 0.29) is 6.61 Å². The zero-order valence-electron chi connectivity index (χ0n) is 11.0. The van der Waals surface area contributed by atoms with Gasteiger partial charge < -0.3 is 14.7 Å². The minimum absolute atomic E-state index is 0.244. The van der Waals surface area contributed by atoms with E-state index in [1.807, 2.05) is 18.2 Å². The summed E-state index contributed by atoms with van der Waals surface area (Å²) in [4.78, 5) is 17.4. The Balaban J connectivity index is 2.31. The molecule has 1 N–H and O–H groups in total. The molecule has 0 fully saturated rings. The van der Waals surface area contributed by atoms with E-state index in [1.54, 1.807) is 22.5 Å². The van der Waals surface area contributed by atoms with Crippen LogP contribution >= 0.6 is 0 Å². The van der Waals surface area contributed by atoms with Gasteiger partial charge >= 0.3 is 0 Å². The quantitative estimate of drug-likeness (QED) is 0.773. The van der Waals surface area contributed by atoms with Gasteiger partial charge in [0.15, 0.2) is 12.1 Å². The monoisotopic (exact) mass is 263 g/mol. The fourth-order valence-corrected chi connectivity index (χ4v) is 2.04. The van der Waals surface area contributed by atoms with Crippen LogP contribution in [0.4, 0.5) is 5.82 Å². The molecule has 0 saturated carbocycles. The number of imidazole rings is 1. The predicted octanol–water partition coefficient (Wildman–Crippen LogP) is 0.590. The first-order valence-corrected chi connectivity index (χ1v) is 5.97. The fraction of sp³-hybridized carbons (Fsp3) is 0.385. The maximum atomic E-state index is 11.2. The SMILES string of the molecule is COCC(O)CN(C)c1nc2ccccn2c1C=O. The Morgan fingerprint density at radius 2 is 2.37 bits per heavy atom. The van der Waals surface area contributed by atoms with Crippen LogP contribution in [0, 0.1) is 0 Å². The van der Waals surface area contributed by atoms with Gasteiger partial charge in [0.25, 0.3) is 0 Å². The van der Waals surface area contributed by atoms with Gasteiger partial charge in [-0.3, -0.25) is 9.20 Å². The van der Waals surface area contributed by atoms with Gasteiger partial charge in [0, 0.05) is 26.9 Å². The average Bonchev–Trinajstić information content (AvgIpc) is 2.77. The first-order chi connectivity index (χ1) is 9.17. The summed E-state index contributed by atoms with van der Waals surface area (Å²) in [5.74, 6) is 0.552. The van der Waals surface area contributed by atoms with Crippen molar-refractivity contribution in [1.82, 2.24) is 9.38 Å². The van der Waals surface area contributed by atoms with Crippen molar-refractivity contribution in [2.24, 2.45) is 0 Å². The summed E-state index contributed by atoms with van der Waals surface area (Å²) in [5, 5.41) is 9.73. The lowest BCUT2D eigenvalue weighted by molar-refractivity contribution is 0.0694. The molecule has 0 spiro atoms. The number of fused-ring (bicyclic) bond motifs is 1. The standard InChI is InChI=1S/C13H17N3O3/c1-15(7-10(18)9-19-2)13-11(8-17)16-6-4-3-5-12(16)14-13/h3-6,8,10,18H,7,9H2,1-2H3. The number of carbonyl (C=O) groups excluding carboxylic acids is 1. The van der Waals surface area contributed by atoms with Gasteiger partial charge in [-0.1, -0.05) is 6.07 Å². The molecule has 2 aromatic heterocycles. The van der Waals surface area contributed by atoms with Crippen LogP contribution < -0.4 is 4.90 Å². The van der Waals surface area contributed by atoms with Crippen molar-refractivity contribution >= 4 is 17.8 Å². The molecule has 0 saturated heterocycles. The highest BCUT2D eigenvalue weighted by molar-refractivity contribution is 5.83. The predicted molar refractivity (Wildman–Crippen MR) is 71.7 cm³/mol. The second-order valence-electron chi connectivity index (χ2n) is 4.36. The maximum Gasteiger partial charge on any atom is 0.170 e. The van der Waals surface area contributed by atoms with Crippen molar-refractivity contribution in [3.8, 4) is 0 Å². The third kappa shape index (κ3) is 2.74. The fourth-order valence-electron chi connectivity index (χ4n) is 2.04. The van der Waals surface area contributed by atoms with Gasteiger partial charge in [0.1, 0.15) is 11.3 Å². The third-order valence-corrected chi connectivity index (χ3v) is 2.86. The number of aliphatic hydroxyl groups is 1. The summed E-state index contributed by atoms with van der Waals surface area (Å²) < 4.78 is 6.61. The van der Waals surface area contributed by atoms with E-state index in [1.165, 1.54) is 7.11 Å². The van der Waals surface area contributed by atoms with Crippen LogP contribution in [-0.2, 0) is 4.74 Å². The number of nitrogens with zero attached hydrogens (tertiary/aromatic N) is 3. The molecule has 0 aromatic carbocycles. The molecule has 0 aliphatic rings. The molecule has 2 rings (SSSR count). The van der Waals surface area contributed by atoms with E-state index in [9.17, 15) is 9.90 Å². The average molecular weight is 263 g/mol. The van der Waals surface area contributed by atoms with Crippen LogP contribution in [-0.4, -0.2) is 54.2 Å². The lowest BCUT2D eigenvalue weighted by atomic mass is 10.3. The Kier molecular flexibility index (Phi) is 4.13. The molecule has 1 atom stereocenters. The number of carbonyl (C=O) groups is 1. The van der Waals surface area contributed by atoms with Crippen molar-refractivity contribution in [3.05, 3.63) is 30.1 Å². The molecular formula is C13H17N3O3. The van der Waals surface area contributed by atoms with Crippen molar-refractivity contribution in [2.75, 3.05) is 32.2 Å². The number of anilines is 1. The normalized spacial score (nSPS) is 12.6. The van der Waals surface area contributed by atoms with Crippen LogP contribution in [0.25, 0.3) is 5.65 Å². The van der Waals surface area contributed by atoms with Crippen molar-refractivity contribution in [3.63, 3.8) is 0 Å². The molecular weight excluding hydrogens is 246 g/mol. The van der Waals surface area contributed by atoms with Crippen LogP contribution in [0.2, 0.25) is 0 Å². The molecule has 0 bridgehead atoms. The number of ether oxygens (including phenoxy) is 1. The van der Waals surface area contributed by atoms with Crippen molar-refractivity contribution in [1.29, 1.82) is 0 Å². The number of hydrogen-bond acceptors (Lipinski definition) is 5. The molecule has 102 valence electrons. The van der Waals surface area contributed by atoms with Crippen LogP contribution in [0.1, 0.15) is 10.5 Å². The number of likely N-dealkylation sites (N-methyl/N-ethyl adjacent to an activating group) is 1. The Morgan fingerprint density at radius 1 is 1.58 bits per heavy atom. The minimum Gasteiger partial charge on any atom is -0.389 e. The van der Waals surface area contributed by atoms with E-state index >= 15 is 0 Å². The van der Waals surface area contributed by atoms with E-state index in [2.05, 4.69) is 4.98 Å². The molecule has 1 unspecified atom stereocenters. The first kappa shape index (κ1) is 13.5. The highest BCUT2D eigenvalue weighted by Gasteiger charge is 2.17. The van der Waals surface area contributed by atoms with Gasteiger partial charge in [0.2, 0.25) is 0 Å². The second-order valence-corrected chi connectivity index (χ2v) is 4.36. The smallest absolute Gasteiger partial charge is 0.170 e. The number of pyridine rings is 1. The molecule has 0 amide bonds. The van der Waals surface area contributed by atoms with E-state index in [0.717, 1.165) is 6.29 Å². The van der Waals surface area contributed by atoms with Gasteiger partial charge in [0.05, 0.1) is 12.7 Å². The zero-order chi connectivity index (χ0) is 13.8. The van der Waals surface area contributed by atoms with Gasteiger partial charge in [-0.2, -0.15) is 0 Å². The van der Waals surface area contributed by atoms with Gasteiger partial charge in [-0.25, -0.2) is 4.98 Å². The number of aldehydes is 1.